The number of rotatable bonds is 4. The van der Waals surface area contributed by atoms with E-state index in [1.807, 2.05) is 13.8 Å². The fourth-order valence-corrected chi connectivity index (χ4v) is 1.29. The number of alkyl halides is 1. The predicted molar refractivity (Wildman–Crippen MR) is 64.9 cm³/mol. The Morgan fingerprint density at radius 2 is 2.18 bits per heavy atom. The molecule has 0 unspecified atom stereocenters. The van der Waals surface area contributed by atoms with Crippen molar-refractivity contribution < 1.29 is 14.3 Å². The number of hydrogen-bond acceptors (Lipinski definition) is 2. The van der Waals surface area contributed by atoms with Crippen molar-refractivity contribution in [1.82, 2.24) is 5.32 Å². The fourth-order valence-electron chi connectivity index (χ4n) is 1.19. The van der Waals surface area contributed by atoms with Gasteiger partial charge in [-0.1, -0.05) is 19.9 Å². The summed E-state index contributed by atoms with van der Waals surface area (Å²) in [6.45, 7) is 4.06. The Bertz CT molecular complexity index is 401. The first-order valence-corrected chi connectivity index (χ1v) is 5.72. The van der Waals surface area contributed by atoms with E-state index in [1.54, 1.807) is 0 Å². The van der Waals surface area contributed by atoms with E-state index in [2.05, 4.69) is 5.32 Å². The quantitative estimate of drug-likeness (QED) is 0.817. The Balaban J connectivity index is 2.78. The molecule has 5 heteroatoms. The van der Waals surface area contributed by atoms with Crippen LogP contribution in [0.3, 0.4) is 0 Å². The molecule has 94 valence electrons. The van der Waals surface area contributed by atoms with Crippen molar-refractivity contribution in [2.45, 2.75) is 13.8 Å². The second kappa shape index (κ2) is 5.36. The van der Waals surface area contributed by atoms with Gasteiger partial charge in [-0.3, -0.25) is 4.79 Å². The number of benzene rings is 1. The number of phenolic OH excluding ortho intramolecular Hbond substituents is 1. The summed E-state index contributed by atoms with van der Waals surface area (Å²) in [6, 6.07) is 3.73. The highest BCUT2D eigenvalue weighted by Gasteiger charge is 2.21. The van der Waals surface area contributed by atoms with Crippen LogP contribution >= 0.6 is 11.6 Å². The third-order valence-electron chi connectivity index (χ3n) is 2.31. The van der Waals surface area contributed by atoms with Gasteiger partial charge >= 0.3 is 0 Å². The molecule has 3 nitrogen and oxygen atoms in total. The molecule has 0 aliphatic heterocycles. The van der Waals surface area contributed by atoms with Crippen molar-refractivity contribution in [2.75, 3.05) is 12.4 Å². The lowest BCUT2D eigenvalue weighted by atomic mass is 9.96. The largest absolute Gasteiger partial charge is 0.507 e. The van der Waals surface area contributed by atoms with Crippen LogP contribution in [0.15, 0.2) is 18.2 Å². The summed E-state index contributed by atoms with van der Waals surface area (Å²) >= 11 is 5.71. The molecule has 0 aromatic heterocycles. The molecule has 1 amide bonds. The molecule has 0 radical (unpaired) electrons. The van der Waals surface area contributed by atoms with Gasteiger partial charge in [0.15, 0.2) is 0 Å². The molecular weight excluding hydrogens is 245 g/mol. The molecule has 2 N–H and O–H groups in total. The average Bonchev–Trinajstić information content (AvgIpc) is 2.26. The van der Waals surface area contributed by atoms with Gasteiger partial charge in [0.1, 0.15) is 17.1 Å². The highest BCUT2D eigenvalue weighted by molar-refractivity contribution is 6.18. The topological polar surface area (TPSA) is 49.3 Å². The maximum absolute atomic E-state index is 13.4. The Hall–Kier alpha value is -1.29. The fraction of sp³-hybridized carbons (Fsp3) is 0.417. The summed E-state index contributed by atoms with van der Waals surface area (Å²) in [4.78, 5) is 11.7. The molecule has 1 aromatic rings. The molecule has 0 heterocycles. The summed E-state index contributed by atoms with van der Waals surface area (Å²) in [7, 11) is 0. The first-order chi connectivity index (χ1) is 7.87. The van der Waals surface area contributed by atoms with Crippen LogP contribution in [0.4, 0.5) is 4.39 Å². The highest BCUT2D eigenvalue weighted by atomic mass is 35.5. The van der Waals surface area contributed by atoms with Crippen molar-refractivity contribution in [3.05, 3.63) is 29.6 Å². The molecule has 0 spiro atoms. The van der Waals surface area contributed by atoms with Gasteiger partial charge in [0.2, 0.25) is 0 Å². The Labute approximate surface area is 105 Å². The Morgan fingerprint density at radius 3 is 2.71 bits per heavy atom. The molecule has 0 fully saturated rings. The molecule has 0 aliphatic rings. The molecule has 1 aromatic carbocycles. The van der Waals surface area contributed by atoms with Crippen molar-refractivity contribution in [3.63, 3.8) is 0 Å². The molecule has 1 rings (SSSR count). The van der Waals surface area contributed by atoms with Crippen LogP contribution in [-0.4, -0.2) is 23.4 Å². The monoisotopic (exact) mass is 259 g/mol. The number of halogens is 2. The number of aromatic hydroxyl groups is 1. The minimum absolute atomic E-state index is 0.280. The summed E-state index contributed by atoms with van der Waals surface area (Å²) in [5.41, 5.74) is -0.615. The molecule has 0 atom stereocenters. The highest BCUT2D eigenvalue weighted by Crippen LogP contribution is 2.20. The van der Waals surface area contributed by atoms with Crippen molar-refractivity contribution >= 4 is 17.5 Å². The van der Waals surface area contributed by atoms with Crippen LogP contribution in [0.1, 0.15) is 24.2 Å². The first kappa shape index (κ1) is 13.8. The second-order valence-corrected chi connectivity index (χ2v) is 4.88. The maximum Gasteiger partial charge on any atom is 0.258 e. The van der Waals surface area contributed by atoms with E-state index in [0.29, 0.717) is 12.4 Å². The minimum Gasteiger partial charge on any atom is -0.507 e. The number of amides is 1. The van der Waals surface area contributed by atoms with E-state index in [4.69, 9.17) is 11.6 Å². The van der Waals surface area contributed by atoms with Crippen molar-refractivity contribution in [2.24, 2.45) is 5.41 Å². The van der Waals surface area contributed by atoms with E-state index in [9.17, 15) is 14.3 Å². The minimum atomic E-state index is -0.744. The van der Waals surface area contributed by atoms with Gasteiger partial charge in [0, 0.05) is 12.4 Å². The van der Waals surface area contributed by atoms with E-state index in [1.165, 1.54) is 12.1 Å². The standard InChI is InChI=1S/C12H15ClFNO2/c1-12(2,6-13)7-15-11(17)10-8(14)4-3-5-9(10)16/h3-5,16H,6-7H2,1-2H3,(H,15,17). The third-order valence-corrected chi connectivity index (χ3v) is 3.03. The lowest BCUT2D eigenvalue weighted by molar-refractivity contribution is 0.0933. The van der Waals surface area contributed by atoms with Gasteiger partial charge < -0.3 is 10.4 Å². The Morgan fingerprint density at radius 1 is 1.53 bits per heavy atom. The van der Waals surface area contributed by atoms with E-state index < -0.39 is 11.7 Å². The van der Waals surface area contributed by atoms with E-state index in [-0.39, 0.29) is 16.7 Å². The molecule has 0 aliphatic carbocycles. The lowest BCUT2D eigenvalue weighted by Crippen LogP contribution is -2.35. The maximum atomic E-state index is 13.4. The van der Waals surface area contributed by atoms with Crippen molar-refractivity contribution in [3.8, 4) is 5.75 Å². The van der Waals surface area contributed by atoms with Crippen molar-refractivity contribution in [1.29, 1.82) is 0 Å². The van der Waals surface area contributed by atoms with Gasteiger partial charge in [-0.15, -0.1) is 11.6 Å². The zero-order valence-corrected chi connectivity index (χ0v) is 10.5. The van der Waals surface area contributed by atoms with E-state index >= 15 is 0 Å². The zero-order valence-electron chi connectivity index (χ0n) is 9.76. The average molecular weight is 260 g/mol. The van der Waals surface area contributed by atoms with Crippen LogP contribution < -0.4 is 5.32 Å². The molecule has 17 heavy (non-hydrogen) atoms. The van der Waals surface area contributed by atoms with Gasteiger partial charge in [-0.2, -0.15) is 0 Å². The molecule has 0 bridgehead atoms. The predicted octanol–water partition coefficient (Wildman–Crippen LogP) is 2.53. The molecular formula is C12H15ClFNO2. The Kier molecular flexibility index (Phi) is 4.34. The van der Waals surface area contributed by atoms with Gasteiger partial charge in [-0.25, -0.2) is 4.39 Å². The lowest BCUT2D eigenvalue weighted by Gasteiger charge is -2.21. The van der Waals surface area contributed by atoms with Crippen LogP contribution in [0.2, 0.25) is 0 Å². The number of phenols is 1. The smallest absolute Gasteiger partial charge is 0.258 e. The van der Waals surface area contributed by atoms with Crippen LogP contribution in [0.25, 0.3) is 0 Å². The first-order valence-electron chi connectivity index (χ1n) is 5.19. The van der Waals surface area contributed by atoms with Gasteiger partial charge in [-0.05, 0) is 17.5 Å². The normalized spacial score (nSPS) is 11.3. The second-order valence-electron chi connectivity index (χ2n) is 4.61. The van der Waals surface area contributed by atoms with Crippen LogP contribution in [0, 0.1) is 11.2 Å². The SMILES string of the molecule is CC(C)(CCl)CNC(=O)c1c(O)cccc1F. The number of nitrogens with one attached hydrogen (secondary N) is 1. The zero-order chi connectivity index (χ0) is 13.1. The third kappa shape index (κ3) is 3.60. The van der Waals surface area contributed by atoms with E-state index in [0.717, 1.165) is 6.07 Å². The molecule has 0 saturated carbocycles. The van der Waals surface area contributed by atoms with Crippen LogP contribution in [0.5, 0.6) is 5.75 Å². The number of carbonyl (C=O) groups is 1. The summed E-state index contributed by atoms with van der Waals surface area (Å²) in [6.07, 6.45) is 0. The summed E-state index contributed by atoms with van der Waals surface area (Å²) < 4.78 is 13.4. The molecule has 0 saturated heterocycles. The van der Waals surface area contributed by atoms with Gasteiger partial charge in [0.25, 0.3) is 5.91 Å². The number of carbonyl (C=O) groups excluding carboxylic acids is 1. The number of hydrogen-bond donors (Lipinski definition) is 2. The van der Waals surface area contributed by atoms with Crippen LogP contribution in [-0.2, 0) is 0 Å². The summed E-state index contributed by atoms with van der Waals surface area (Å²) in [5, 5.41) is 12.0. The van der Waals surface area contributed by atoms with Gasteiger partial charge in [0.05, 0.1) is 0 Å². The summed E-state index contributed by atoms with van der Waals surface area (Å²) in [5.74, 6) is -1.38.